The summed E-state index contributed by atoms with van der Waals surface area (Å²) in [6, 6.07) is 1.86. The van der Waals surface area contributed by atoms with Crippen LogP contribution in [-0.4, -0.2) is 60.6 Å². The van der Waals surface area contributed by atoms with Crippen molar-refractivity contribution < 1.29 is 0 Å². The third-order valence-electron chi connectivity index (χ3n) is 5.31. The molecular weight excluding hydrogens is 300 g/mol. The monoisotopic (exact) mass is 330 g/mol. The van der Waals surface area contributed by atoms with E-state index in [-0.39, 0.29) is 0 Å². The molecule has 1 saturated carbocycles. The van der Waals surface area contributed by atoms with E-state index in [4.69, 9.17) is 0 Å². The number of aliphatic imine (C=N–C) groups is 1. The average molecular weight is 330 g/mol. The maximum Gasteiger partial charge on any atom is 0.225 e. The Balaban J connectivity index is 1.45. The molecule has 2 aliphatic rings. The van der Waals surface area contributed by atoms with E-state index in [0.29, 0.717) is 0 Å². The number of aromatic nitrogens is 2. The second-order valence-electron chi connectivity index (χ2n) is 7.08. The van der Waals surface area contributed by atoms with Crippen LogP contribution in [0.5, 0.6) is 0 Å². The Morgan fingerprint density at radius 3 is 2.42 bits per heavy atom. The van der Waals surface area contributed by atoms with Gasteiger partial charge in [-0.2, -0.15) is 0 Å². The fraction of sp³-hybridized carbons (Fsp3) is 0.722. The van der Waals surface area contributed by atoms with Gasteiger partial charge in [0.1, 0.15) is 0 Å². The summed E-state index contributed by atoms with van der Waals surface area (Å²) >= 11 is 0. The minimum atomic E-state index is 0.803. The number of anilines is 1. The molecule has 24 heavy (non-hydrogen) atoms. The zero-order valence-corrected chi connectivity index (χ0v) is 15.0. The summed E-state index contributed by atoms with van der Waals surface area (Å²) < 4.78 is 0. The van der Waals surface area contributed by atoms with Crippen molar-refractivity contribution in [1.82, 2.24) is 20.2 Å². The van der Waals surface area contributed by atoms with Crippen LogP contribution in [-0.2, 0) is 0 Å². The van der Waals surface area contributed by atoms with E-state index >= 15 is 0 Å². The quantitative estimate of drug-likeness (QED) is 0.678. The van der Waals surface area contributed by atoms with Crippen molar-refractivity contribution in [3.8, 4) is 0 Å². The maximum absolute atomic E-state index is 4.49. The molecule has 1 aromatic heterocycles. The van der Waals surface area contributed by atoms with Gasteiger partial charge in [0.2, 0.25) is 5.95 Å². The van der Waals surface area contributed by atoms with Crippen molar-refractivity contribution in [2.24, 2.45) is 16.8 Å². The van der Waals surface area contributed by atoms with Gasteiger partial charge in [0, 0.05) is 52.2 Å². The number of nitrogens with zero attached hydrogens (tertiary/aromatic N) is 5. The number of guanidine groups is 1. The fourth-order valence-electron chi connectivity index (χ4n) is 3.67. The molecule has 2 heterocycles. The predicted octanol–water partition coefficient (Wildman–Crippen LogP) is 2.00. The first kappa shape index (κ1) is 17.0. The summed E-state index contributed by atoms with van der Waals surface area (Å²) in [5.74, 6) is 3.59. The predicted molar refractivity (Wildman–Crippen MR) is 98.3 cm³/mol. The number of hydrogen-bond acceptors (Lipinski definition) is 4. The summed E-state index contributed by atoms with van der Waals surface area (Å²) in [5, 5.41) is 3.60. The number of hydrogen-bond donors (Lipinski definition) is 1. The molecule has 1 N–H and O–H groups in total. The molecule has 132 valence electrons. The van der Waals surface area contributed by atoms with Crippen LogP contribution in [0, 0.1) is 11.8 Å². The normalized spacial score (nSPS) is 25.7. The molecule has 0 bridgehead atoms. The standard InChI is InChI=1S/C18H30N6/c1-15-4-6-16(7-5-15)14-22-17(19-2)23-10-12-24(13-11-23)18-20-8-3-9-21-18/h3,8-9,15-16H,4-7,10-14H2,1-2H3,(H,19,22). The molecule has 0 amide bonds. The van der Waals surface area contributed by atoms with Gasteiger partial charge < -0.3 is 15.1 Å². The summed E-state index contributed by atoms with van der Waals surface area (Å²) in [6.45, 7) is 7.22. The van der Waals surface area contributed by atoms with Gasteiger partial charge in [0.15, 0.2) is 5.96 Å². The van der Waals surface area contributed by atoms with E-state index in [2.05, 4.69) is 37.0 Å². The second kappa shape index (κ2) is 8.31. The van der Waals surface area contributed by atoms with Crippen LogP contribution in [0.4, 0.5) is 5.95 Å². The average Bonchev–Trinajstić information content (AvgIpc) is 2.65. The Kier molecular flexibility index (Phi) is 5.88. The highest BCUT2D eigenvalue weighted by Crippen LogP contribution is 2.27. The molecule has 0 spiro atoms. The van der Waals surface area contributed by atoms with Crippen LogP contribution >= 0.6 is 0 Å². The molecule has 1 aliphatic heterocycles. The molecule has 0 unspecified atom stereocenters. The van der Waals surface area contributed by atoms with E-state index in [9.17, 15) is 0 Å². The molecular formula is C18H30N6. The third kappa shape index (κ3) is 4.36. The highest BCUT2D eigenvalue weighted by atomic mass is 15.4. The number of piperazine rings is 1. The molecule has 0 radical (unpaired) electrons. The molecule has 1 aromatic rings. The first-order valence-electron chi connectivity index (χ1n) is 9.24. The molecule has 0 aromatic carbocycles. The maximum atomic E-state index is 4.49. The smallest absolute Gasteiger partial charge is 0.225 e. The van der Waals surface area contributed by atoms with Crippen LogP contribution in [0.2, 0.25) is 0 Å². The van der Waals surface area contributed by atoms with Gasteiger partial charge in [-0.05, 0) is 30.7 Å². The van der Waals surface area contributed by atoms with Crippen molar-refractivity contribution in [1.29, 1.82) is 0 Å². The van der Waals surface area contributed by atoms with Gasteiger partial charge in [-0.15, -0.1) is 0 Å². The molecule has 1 aliphatic carbocycles. The number of rotatable bonds is 3. The summed E-state index contributed by atoms with van der Waals surface area (Å²) in [5.41, 5.74) is 0. The lowest BCUT2D eigenvalue weighted by atomic mass is 9.83. The number of nitrogens with one attached hydrogen (secondary N) is 1. The minimum Gasteiger partial charge on any atom is -0.356 e. The van der Waals surface area contributed by atoms with Crippen LogP contribution < -0.4 is 10.2 Å². The molecule has 3 rings (SSSR count). The van der Waals surface area contributed by atoms with Gasteiger partial charge in [-0.25, -0.2) is 9.97 Å². The summed E-state index contributed by atoms with van der Waals surface area (Å²) in [6.07, 6.45) is 9.07. The van der Waals surface area contributed by atoms with Crippen molar-refractivity contribution in [3.05, 3.63) is 18.5 Å². The second-order valence-corrected chi connectivity index (χ2v) is 7.08. The van der Waals surface area contributed by atoms with Crippen molar-refractivity contribution in [2.75, 3.05) is 44.7 Å². The van der Waals surface area contributed by atoms with E-state index in [1.54, 1.807) is 12.4 Å². The first-order chi connectivity index (χ1) is 11.8. The molecule has 6 nitrogen and oxygen atoms in total. The van der Waals surface area contributed by atoms with Crippen LogP contribution in [0.1, 0.15) is 32.6 Å². The van der Waals surface area contributed by atoms with Crippen molar-refractivity contribution >= 4 is 11.9 Å². The lowest BCUT2D eigenvalue weighted by Crippen LogP contribution is -2.53. The largest absolute Gasteiger partial charge is 0.356 e. The van der Waals surface area contributed by atoms with Crippen molar-refractivity contribution in [2.45, 2.75) is 32.6 Å². The van der Waals surface area contributed by atoms with Gasteiger partial charge >= 0.3 is 0 Å². The fourth-order valence-corrected chi connectivity index (χ4v) is 3.67. The van der Waals surface area contributed by atoms with E-state index in [0.717, 1.165) is 56.5 Å². The van der Waals surface area contributed by atoms with Crippen LogP contribution in [0.15, 0.2) is 23.5 Å². The first-order valence-corrected chi connectivity index (χ1v) is 9.24. The minimum absolute atomic E-state index is 0.803. The molecule has 1 saturated heterocycles. The zero-order valence-electron chi connectivity index (χ0n) is 15.0. The highest BCUT2D eigenvalue weighted by Gasteiger charge is 2.23. The lowest BCUT2D eigenvalue weighted by molar-refractivity contribution is 0.285. The Hall–Kier alpha value is -1.85. The van der Waals surface area contributed by atoms with Gasteiger partial charge in [-0.3, -0.25) is 4.99 Å². The summed E-state index contributed by atoms with van der Waals surface area (Å²) in [4.78, 5) is 17.8. The van der Waals surface area contributed by atoms with E-state index in [1.807, 2.05) is 13.1 Å². The third-order valence-corrected chi connectivity index (χ3v) is 5.31. The van der Waals surface area contributed by atoms with Crippen molar-refractivity contribution in [3.63, 3.8) is 0 Å². The topological polar surface area (TPSA) is 56.7 Å². The Bertz CT molecular complexity index is 516. The highest BCUT2D eigenvalue weighted by molar-refractivity contribution is 5.80. The Labute approximate surface area is 145 Å². The molecule has 2 fully saturated rings. The Morgan fingerprint density at radius 1 is 1.12 bits per heavy atom. The van der Waals surface area contributed by atoms with Gasteiger partial charge in [0.25, 0.3) is 0 Å². The molecule has 6 heteroatoms. The Morgan fingerprint density at radius 2 is 1.79 bits per heavy atom. The van der Waals surface area contributed by atoms with E-state index < -0.39 is 0 Å². The van der Waals surface area contributed by atoms with Gasteiger partial charge in [0.05, 0.1) is 0 Å². The lowest BCUT2D eigenvalue weighted by Gasteiger charge is -2.37. The van der Waals surface area contributed by atoms with Gasteiger partial charge in [-0.1, -0.05) is 19.8 Å². The molecule has 0 atom stereocenters. The van der Waals surface area contributed by atoms with E-state index in [1.165, 1.54) is 25.7 Å². The zero-order chi connectivity index (χ0) is 16.8. The SMILES string of the molecule is CN=C(NCC1CCC(C)CC1)N1CCN(c2ncccn2)CC1. The van der Waals surface area contributed by atoms with Crippen LogP contribution in [0.25, 0.3) is 0 Å². The van der Waals surface area contributed by atoms with Crippen LogP contribution in [0.3, 0.4) is 0 Å². The summed E-state index contributed by atoms with van der Waals surface area (Å²) in [7, 11) is 1.89.